The minimum atomic E-state index is -0.598. The molecule has 0 unspecified atom stereocenters. The monoisotopic (exact) mass is 451 g/mol. The first kappa shape index (κ1) is 19.6. The molecule has 0 saturated heterocycles. The van der Waals surface area contributed by atoms with Crippen LogP contribution in [0.1, 0.15) is 41.9 Å². The number of H-pyrrole nitrogens is 1. The minimum absolute atomic E-state index is 0.0643. The normalized spacial score (nSPS) is 13.3. The van der Waals surface area contributed by atoms with Gasteiger partial charge in [-0.3, -0.25) is 5.41 Å². The summed E-state index contributed by atoms with van der Waals surface area (Å²) in [5.74, 6) is -0.350. The molecule has 4 rings (SSSR count). The lowest BCUT2D eigenvalue weighted by molar-refractivity contribution is -0.137. The molecule has 0 saturated carbocycles. The third-order valence-corrected chi connectivity index (χ3v) is 5.78. The van der Waals surface area contributed by atoms with Crippen LogP contribution in [-0.2, 0) is 29.0 Å². The second-order valence-electron chi connectivity index (χ2n) is 7.19. The van der Waals surface area contributed by atoms with E-state index < -0.39 is 11.9 Å². The van der Waals surface area contributed by atoms with Gasteiger partial charge in [-0.2, -0.15) is 0 Å². The third kappa shape index (κ3) is 4.03. The number of rotatable bonds is 6. The summed E-state index contributed by atoms with van der Waals surface area (Å²) in [6.07, 6.45) is 2.41. The molecule has 2 aromatic carbocycles. The quantitative estimate of drug-likeness (QED) is 0.399. The highest BCUT2D eigenvalue weighted by molar-refractivity contribution is 9.10. The highest BCUT2D eigenvalue weighted by Crippen LogP contribution is 2.35. The second-order valence-corrected chi connectivity index (χ2v) is 8.10. The first-order chi connectivity index (χ1) is 14.1. The van der Waals surface area contributed by atoms with Crippen molar-refractivity contribution in [2.75, 3.05) is 0 Å². The summed E-state index contributed by atoms with van der Waals surface area (Å²) in [5.41, 5.74) is 5.21. The molecule has 0 aliphatic heterocycles. The van der Waals surface area contributed by atoms with Gasteiger partial charge in [0.15, 0.2) is 0 Å². The van der Waals surface area contributed by atoms with Gasteiger partial charge in [0.25, 0.3) is 0 Å². The Hall–Kier alpha value is -2.73. The molecule has 1 aromatic heterocycles. The predicted octanol–water partition coefficient (Wildman–Crippen LogP) is 5.19. The van der Waals surface area contributed by atoms with Crippen LogP contribution >= 0.6 is 15.9 Å². The van der Waals surface area contributed by atoms with E-state index in [1.807, 2.05) is 43.3 Å². The Morgan fingerprint density at radius 3 is 2.79 bits per heavy atom. The SMILES string of the molecule is CC[C@@H](C(=N)C(=O)OCc1ccccc1)c1nc2c([nH]1)CCc1cc(Br)ccc1-2. The molecule has 148 valence electrons. The highest BCUT2D eigenvalue weighted by atomic mass is 79.9. The number of hydrogen-bond donors (Lipinski definition) is 2. The lowest BCUT2D eigenvalue weighted by Crippen LogP contribution is -2.24. The Balaban J connectivity index is 1.53. The maximum absolute atomic E-state index is 12.5. The van der Waals surface area contributed by atoms with Crippen molar-refractivity contribution in [3.05, 3.63) is 75.6 Å². The number of hydrogen-bond acceptors (Lipinski definition) is 4. The van der Waals surface area contributed by atoms with Crippen molar-refractivity contribution in [3.63, 3.8) is 0 Å². The number of benzene rings is 2. The Bertz CT molecular complexity index is 1060. The van der Waals surface area contributed by atoms with Gasteiger partial charge in [0.05, 0.1) is 11.6 Å². The molecular weight excluding hydrogens is 430 g/mol. The van der Waals surface area contributed by atoms with E-state index >= 15 is 0 Å². The van der Waals surface area contributed by atoms with Gasteiger partial charge in [0.1, 0.15) is 18.1 Å². The minimum Gasteiger partial charge on any atom is -0.456 e. The van der Waals surface area contributed by atoms with Crippen LogP contribution < -0.4 is 0 Å². The van der Waals surface area contributed by atoms with Crippen LogP contribution in [0.25, 0.3) is 11.3 Å². The topological polar surface area (TPSA) is 78.8 Å². The fourth-order valence-electron chi connectivity index (χ4n) is 3.74. The lowest BCUT2D eigenvalue weighted by Gasteiger charge is -2.14. The summed E-state index contributed by atoms with van der Waals surface area (Å²) < 4.78 is 6.42. The summed E-state index contributed by atoms with van der Waals surface area (Å²) in [5, 5.41) is 8.40. The van der Waals surface area contributed by atoms with Crippen molar-refractivity contribution >= 4 is 27.6 Å². The van der Waals surface area contributed by atoms with Gasteiger partial charge in [-0.05, 0) is 42.5 Å². The number of imidazole rings is 1. The molecule has 5 nitrogen and oxygen atoms in total. The molecule has 0 fully saturated rings. The molecule has 0 spiro atoms. The molecule has 0 bridgehead atoms. The fraction of sp³-hybridized carbons (Fsp3) is 0.261. The molecule has 2 N–H and O–H groups in total. The number of fused-ring (bicyclic) bond motifs is 3. The van der Waals surface area contributed by atoms with Gasteiger partial charge in [-0.15, -0.1) is 0 Å². The molecule has 1 heterocycles. The Labute approximate surface area is 178 Å². The first-order valence-electron chi connectivity index (χ1n) is 9.74. The van der Waals surface area contributed by atoms with E-state index in [1.165, 1.54) is 5.56 Å². The van der Waals surface area contributed by atoms with Crippen LogP contribution in [-0.4, -0.2) is 21.6 Å². The van der Waals surface area contributed by atoms with E-state index in [2.05, 4.69) is 33.0 Å². The van der Waals surface area contributed by atoms with Crippen molar-refractivity contribution in [3.8, 4) is 11.3 Å². The van der Waals surface area contributed by atoms with Gasteiger partial charge in [-0.1, -0.05) is 59.3 Å². The van der Waals surface area contributed by atoms with Crippen LogP contribution in [0.15, 0.2) is 53.0 Å². The van der Waals surface area contributed by atoms with E-state index in [-0.39, 0.29) is 12.3 Å². The summed E-state index contributed by atoms with van der Waals surface area (Å²) in [6.45, 7) is 2.12. The van der Waals surface area contributed by atoms with Gasteiger partial charge >= 0.3 is 5.97 Å². The van der Waals surface area contributed by atoms with Crippen LogP contribution in [0.5, 0.6) is 0 Å². The molecule has 0 amide bonds. The number of ether oxygens (including phenoxy) is 1. The molecule has 1 aliphatic carbocycles. The van der Waals surface area contributed by atoms with Gasteiger partial charge in [0.2, 0.25) is 0 Å². The highest BCUT2D eigenvalue weighted by Gasteiger charge is 2.28. The third-order valence-electron chi connectivity index (χ3n) is 5.28. The number of halogens is 1. The van der Waals surface area contributed by atoms with Gasteiger partial charge < -0.3 is 9.72 Å². The maximum atomic E-state index is 12.5. The zero-order chi connectivity index (χ0) is 20.4. The van der Waals surface area contributed by atoms with Crippen LogP contribution in [0, 0.1) is 5.41 Å². The second kappa shape index (κ2) is 8.33. The van der Waals surface area contributed by atoms with E-state index in [0.29, 0.717) is 12.2 Å². The number of aryl methyl sites for hydroxylation is 2. The number of esters is 1. The molecule has 29 heavy (non-hydrogen) atoms. The molecule has 6 heteroatoms. The largest absolute Gasteiger partial charge is 0.456 e. The van der Waals surface area contributed by atoms with Crippen molar-refractivity contribution < 1.29 is 9.53 Å². The number of aromatic nitrogens is 2. The Morgan fingerprint density at radius 1 is 1.24 bits per heavy atom. The number of carbonyl (C=O) groups excluding carboxylic acids is 1. The zero-order valence-electron chi connectivity index (χ0n) is 16.2. The summed E-state index contributed by atoms with van der Waals surface area (Å²) in [7, 11) is 0. The molecule has 1 aliphatic rings. The van der Waals surface area contributed by atoms with E-state index in [9.17, 15) is 4.79 Å². The van der Waals surface area contributed by atoms with Gasteiger partial charge in [-0.25, -0.2) is 9.78 Å². The number of carbonyl (C=O) groups is 1. The van der Waals surface area contributed by atoms with Crippen molar-refractivity contribution in [1.29, 1.82) is 5.41 Å². The van der Waals surface area contributed by atoms with E-state index in [1.54, 1.807) is 0 Å². The Kier molecular flexibility index (Phi) is 5.62. The Morgan fingerprint density at radius 2 is 2.03 bits per heavy atom. The van der Waals surface area contributed by atoms with Crippen molar-refractivity contribution in [2.45, 2.75) is 38.7 Å². The molecular formula is C23H22BrN3O2. The van der Waals surface area contributed by atoms with Crippen molar-refractivity contribution in [2.24, 2.45) is 0 Å². The average molecular weight is 452 g/mol. The number of nitrogens with one attached hydrogen (secondary N) is 2. The summed E-state index contributed by atoms with van der Waals surface area (Å²) in [6, 6.07) is 15.7. The van der Waals surface area contributed by atoms with Crippen LogP contribution in [0.4, 0.5) is 0 Å². The van der Waals surface area contributed by atoms with Crippen LogP contribution in [0.3, 0.4) is 0 Å². The maximum Gasteiger partial charge on any atom is 0.353 e. The lowest BCUT2D eigenvalue weighted by atomic mass is 9.92. The molecule has 0 radical (unpaired) electrons. The summed E-state index contributed by atoms with van der Waals surface area (Å²) >= 11 is 3.53. The van der Waals surface area contributed by atoms with Gasteiger partial charge in [0, 0.05) is 15.7 Å². The number of aromatic amines is 1. The fourth-order valence-corrected chi connectivity index (χ4v) is 4.14. The molecule has 1 atom stereocenters. The standard InChI is InChI=1S/C23H22BrN3O2/c1-2-17(20(25)23(28)29-13-14-6-4-3-5-7-14)22-26-19-11-8-15-12-16(24)9-10-18(15)21(19)27-22/h3-7,9-10,12,17,25H,2,8,11,13H2,1H3,(H,26,27)/t17-/m0/s1. The predicted molar refractivity (Wildman–Crippen MR) is 116 cm³/mol. The van der Waals surface area contributed by atoms with Crippen molar-refractivity contribution in [1.82, 2.24) is 9.97 Å². The van der Waals surface area contributed by atoms with E-state index in [0.717, 1.165) is 39.8 Å². The average Bonchev–Trinajstić information content (AvgIpc) is 3.17. The smallest absolute Gasteiger partial charge is 0.353 e. The van der Waals surface area contributed by atoms with Crippen LogP contribution in [0.2, 0.25) is 0 Å². The molecule has 3 aromatic rings. The van der Waals surface area contributed by atoms with E-state index in [4.69, 9.17) is 15.1 Å². The summed E-state index contributed by atoms with van der Waals surface area (Å²) in [4.78, 5) is 20.6. The number of nitrogens with zero attached hydrogens (tertiary/aromatic N) is 1. The zero-order valence-corrected chi connectivity index (χ0v) is 17.8. The first-order valence-corrected chi connectivity index (χ1v) is 10.5.